The van der Waals surface area contributed by atoms with Crippen molar-refractivity contribution in [3.8, 4) is 0 Å². The van der Waals surface area contributed by atoms with E-state index in [1.54, 1.807) is 6.08 Å². The van der Waals surface area contributed by atoms with E-state index >= 15 is 0 Å². The van der Waals surface area contributed by atoms with Crippen LogP contribution in [0, 0.1) is 5.92 Å². The minimum Gasteiger partial charge on any atom is -0.469 e. The van der Waals surface area contributed by atoms with Crippen molar-refractivity contribution in [1.29, 1.82) is 0 Å². The zero-order valence-electron chi connectivity index (χ0n) is 13.8. The van der Waals surface area contributed by atoms with Gasteiger partial charge in [-0.2, -0.15) is 0 Å². The topological polar surface area (TPSA) is 84.9 Å². The van der Waals surface area contributed by atoms with E-state index in [0.29, 0.717) is 19.4 Å². The maximum Gasteiger partial charge on any atom is 0.309 e. The molecule has 0 spiro atoms. The zero-order valence-corrected chi connectivity index (χ0v) is 13.8. The minimum absolute atomic E-state index is 0.0426. The van der Waals surface area contributed by atoms with Gasteiger partial charge >= 0.3 is 5.97 Å². The van der Waals surface area contributed by atoms with Crippen LogP contribution in [0.15, 0.2) is 12.7 Å². The summed E-state index contributed by atoms with van der Waals surface area (Å²) in [7, 11) is 1.32. The number of Topliss-reactive ketones (excluding diaryl/α,β-unsaturated/α-hetero) is 1. The van der Waals surface area contributed by atoms with Gasteiger partial charge in [-0.05, 0) is 12.8 Å². The van der Waals surface area contributed by atoms with Crippen LogP contribution in [-0.2, 0) is 19.1 Å². The number of nitrogens with one attached hydrogen (secondary N) is 1. The Morgan fingerprint density at radius 1 is 1.32 bits per heavy atom. The predicted octanol–water partition coefficient (Wildman–Crippen LogP) is 1.08. The third-order valence-corrected chi connectivity index (χ3v) is 3.42. The molecule has 0 fully saturated rings. The molecule has 0 saturated heterocycles. The standard InChI is InChI=1S/C16H29NO5/c1-5-8-22-11-13(18)10-17-14(7-3)15(19)9-12(6-2)16(20)21-4/h5,12-14,17-18H,1,6-11H2,2-4H3. The number of methoxy groups -OCH3 is 1. The first-order chi connectivity index (χ1) is 10.5. The van der Waals surface area contributed by atoms with Gasteiger partial charge in [0.05, 0.1) is 38.4 Å². The Bertz CT molecular complexity index is 345. The lowest BCUT2D eigenvalue weighted by Crippen LogP contribution is -2.42. The van der Waals surface area contributed by atoms with Gasteiger partial charge in [0.15, 0.2) is 5.78 Å². The summed E-state index contributed by atoms with van der Waals surface area (Å²) in [5.74, 6) is -0.809. The summed E-state index contributed by atoms with van der Waals surface area (Å²) in [6, 6.07) is -0.382. The van der Waals surface area contributed by atoms with Gasteiger partial charge in [0.25, 0.3) is 0 Å². The second-order valence-electron chi connectivity index (χ2n) is 5.15. The fourth-order valence-electron chi connectivity index (χ4n) is 2.06. The second kappa shape index (κ2) is 12.3. The van der Waals surface area contributed by atoms with E-state index in [1.807, 2.05) is 13.8 Å². The van der Waals surface area contributed by atoms with Gasteiger partial charge in [0, 0.05) is 13.0 Å². The van der Waals surface area contributed by atoms with Crippen molar-refractivity contribution >= 4 is 11.8 Å². The molecule has 0 aromatic rings. The number of esters is 1. The molecule has 0 aromatic heterocycles. The van der Waals surface area contributed by atoms with Crippen LogP contribution in [0.25, 0.3) is 0 Å². The molecule has 22 heavy (non-hydrogen) atoms. The lowest BCUT2D eigenvalue weighted by molar-refractivity contribution is -0.147. The van der Waals surface area contributed by atoms with E-state index in [4.69, 9.17) is 9.47 Å². The SMILES string of the molecule is C=CCOCC(O)CNC(CC)C(=O)CC(CC)C(=O)OC. The summed E-state index contributed by atoms with van der Waals surface area (Å²) < 4.78 is 9.84. The third-order valence-electron chi connectivity index (χ3n) is 3.42. The van der Waals surface area contributed by atoms with Gasteiger partial charge in [-0.25, -0.2) is 0 Å². The van der Waals surface area contributed by atoms with Gasteiger partial charge in [0.2, 0.25) is 0 Å². The van der Waals surface area contributed by atoms with Gasteiger partial charge in [-0.3, -0.25) is 9.59 Å². The van der Waals surface area contributed by atoms with Gasteiger partial charge in [-0.15, -0.1) is 6.58 Å². The monoisotopic (exact) mass is 315 g/mol. The van der Waals surface area contributed by atoms with Gasteiger partial charge in [0.1, 0.15) is 0 Å². The van der Waals surface area contributed by atoms with Crippen LogP contribution in [-0.4, -0.2) is 55.9 Å². The normalized spacial score (nSPS) is 14.9. The van der Waals surface area contributed by atoms with E-state index in [2.05, 4.69) is 11.9 Å². The van der Waals surface area contributed by atoms with Crippen molar-refractivity contribution in [1.82, 2.24) is 5.32 Å². The first-order valence-corrected chi connectivity index (χ1v) is 7.70. The molecule has 3 unspecified atom stereocenters. The largest absolute Gasteiger partial charge is 0.469 e. The van der Waals surface area contributed by atoms with Crippen molar-refractivity contribution in [2.45, 2.75) is 45.3 Å². The summed E-state index contributed by atoms with van der Waals surface area (Å²) in [5.41, 5.74) is 0. The molecule has 0 heterocycles. The highest BCUT2D eigenvalue weighted by Gasteiger charge is 2.25. The smallest absolute Gasteiger partial charge is 0.309 e. The molecule has 2 N–H and O–H groups in total. The molecular weight excluding hydrogens is 286 g/mol. The molecular formula is C16H29NO5. The Morgan fingerprint density at radius 2 is 2.00 bits per heavy atom. The van der Waals surface area contributed by atoms with E-state index in [-0.39, 0.29) is 37.4 Å². The summed E-state index contributed by atoms with van der Waals surface area (Å²) >= 11 is 0. The van der Waals surface area contributed by atoms with Gasteiger partial charge < -0.3 is 19.9 Å². The molecule has 0 saturated carbocycles. The first-order valence-electron chi connectivity index (χ1n) is 7.70. The van der Waals surface area contributed by atoms with Crippen molar-refractivity contribution in [2.75, 3.05) is 26.9 Å². The van der Waals surface area contributed by atoms with E-state index in [1.165, 1.54) is 7.11 Å². The molecule has 3 atom stereocenters. The van der Waals surface area contributed by atoms with Crippen molar-refractivity contribution < 1.29 is 24.2 Å². The molecule has 6 nitrogen and oxygen atoms in total. The fourth-order valence-corrected chi connectivity index (χ4v) is 2.06. The molecule has 0 amide bonds. The number of ether oxygens (including phenoxy) is 2. The summed E-state index contributed by atoms with van der Waals surface area (Å²) in [4.78, 5) is 23.8. The van der Waals surface area contributed by atoms with Crippen molar-refractivity contribution in [3.63, 3.8) is 0 Å². The molecule has 0 aliphatic carbocycles. The van der Waals surface area contributed by atoms with E-state index in [0.717, 1.165) is 0 Å². The Balaban J connectivity index is 4.29. The zero-order chi connectivity index (χ0) is 17.0. The number of rotatable bonds is 13. The van der Waals surface area contributed by atoms with Crippen LogP contribution < -0.4 is 5.32 Å². The summed E-state index contributed by atoms with van der Waals surface area (Å²) in [6.07, 6.45) is 2.22. The fraction of sp³-hybridized carbons (Fsp3) is 0.750. The maximum absolute atomic E-state index is 12.2. The number of aliphatic hydroxyl groups excluding tert-OH is 1. The van der Waals surface area contributed by atoms with Crippen LogP contribution in [0.4, 0.5) is 0 Å². The lowest BCUT2D eigenvalue weighted by Gasteiger charge is -2.20. The van der Waals surface area contributed by atoms with Crippen LogP contribution in [0.2, 0.25) is 0 Å². The maximum atomic E-state index is 12.2. The number of carbonyl (C=O) groups is 2. The quantitative estimate of drug-likeness (QED) is 0.300. The Labute approximate surface area is 132 Å². The highest BCUT2D eigenvalue weighted by atomic mass is 16.5. The second-order valence-corrected chi connectivity index (χ2v) is 5.15. The van der Waals surface area contributed by atoms with E-state index in [9.17, 15) is 14.7 Å². The van der Waals surface area contributed by atoms with Crippen LogP contribution in [0.3, 0.4) is 0 Å². The van der Waals surface area contributed by atoms with Crippen molar-refractivity contribution in [3.05, 3.63) is 12.7 Å². The lowest BCUT2D eigenvalue weighted by atomic mass is 9.95. The number of aliphatic hydroxyl groups is 1. The highest BCUT2D eigenvalue weighted by Crippen LogP contribution is 2.13. The van der Waals surface area contributed by atoms with Crippen LogP contribution in [0.1, 0.15) is 33.1 Å². The molecule has 0 rings (SSSR count). The number of hydrogen-bond donors (Lipinski definition) is 2. The molecule has 0 aliphatic rings. The average molecular weight is 315 g/mol. The Morgan fingerprint density at radius 3 is 2.50 bits per heavy atom. The predicted molar refractivity (Wildman–Crippen MR) is 84.5 cm³/mol. The average Bonchev–Trinajstić information content (AvgIpc) is 2.52. The summed E-state index contributed by atoms with van der Waals surface area (Å²) in [6.45, 7) is 8.08. The van der Waals surface area contributed by atoms with Gasteiger partial charge in [-0.1, -0.05) is 19.9 Å². The molecule has 6 heteroatoms. The molecule has 0 aromatic carbocycles. The van der Waals surface area contributed by atoms with Crippen LogP contribution in [0.5, 0.6) is 0 Å². The number of ketones is 1. The molecule has 128 valence electrons. The minimum atomic E-state index is -0.690. The highest BCUT2D eigenvalue weighted by molar-refractivity contribution is 5.88. The Kier molecular flexibility index (Phi) is 11.6. The Hall–Kier alpha value is -1.24. The summed E-state index contributed by atoms with van der Waals surface area (Å²) in [5, 5.41) is 12.8. The van der Waals surface area contributed by atoms with Crippen molar-refractivity contribution in [2.24, 2.45) is 5.92 Å². The molecule has 0 radical (unpaired) electrons. The van der Waals surface area contributed by atoms with Crippen LogP contribution >= 0.6 is 0 Å². The van der Waals surface area contributed by atoms with E-state index < -0.39 is 12.0 Å². The molecule has 0 bridgehead atoms. The first kappa shape index (κ1) is 20.8. The molecule has 0 aliphatic heterocycles. The third kappa shape index (κ3) is 8.26. The number of carbonyl (C=O) groups excluding carboxylic acids is 2. The number of hydrogen-bond acceptors (Lipinski definition) is 6.